The predicted octanol–water partition coefficient (Wildman–Crippen LogP) is 0.00400. The Kier molecular flexibility index (Phi) is 1.84. The summed E-state index contributed by atoms with van der Waals surface area (Å²) >= 11 is 0. The first-order chi connectivity index (χ1) is 2.56. The van der Waals surface area contributed by atoms with E-state index in [2.05, 4.69) is 0 Å². The molecule has 0 fully saturated rings. The minimum atomic E-state index is -1.91. The van der Waals surface area contributed by atoms with E-state index in [0.717, 1.165) is 0 Å². The van der Waals surface area contributed by atoms with Crippen LogP contribution in [0, 0.1) is 0 Å². The van der Waals surface area contributed by atoms with Crippen LogP contribution in [0.4, 0.5) is 0 Å². The van der Waals surface area contributed by atoms with E-state index >= 15 is 0 Å². The molecule has 0 amide bonds. The van der Waals surface area contributed by atoms with E-state index in [1.165, 1.54) is 0 Å². The molecule has 0 aliphatic carbocycles. The first-order valence-electron chi connectivity index (χ1n) is 1.81. The van der Waals surface area contributed by atoms with Crippen molar-refractivity contribution in [3.8, 4) is 0 Å². The van der Waals surface area contributed by atoms with Gasteiger partial charge in [0.2, 0.25) is 0 Å². The minimum absolute atomic E-state index is 0.576. The van der Waals surface area contributed by atoms with Crippen molar-refractivity contribution < 1.29 is 4.21 Å². The Morgan fingerprint density at radius 1 is 1.83 bits per heavy atom. The van der Waals surface area contributed by atoms with Crippen LogP contribution in [0.25, 0.3) is 0 Å². The van der Waals surface area contributed by atoms with E-state index < -0.39 is 9.36 Å². The van der Waals surface area contributed by atoms with E-state index in [4.69, 9.17) is 6.72 Å². The molecule has 1 atom stereocenters. The quantitative estimate of drug-likeness (QED) is 0.427. The first-order valence-corrected chi connectivity index (χ1v) is 4.00. The SMILES string of the molecule is [B]=S(C)(=O)CC. The van der Waals surface area contributed by atoms with Gasteiger partial charge in [0, 0.05) is 0 Å². The fourth-order valence-electron chi connectivity index (χ4n) is 0. The van der Waals surface area contributed by atoms with Gasteiger partial charge in [-0.1, -0.05) is 0 Å². The molecule has 6 heavy (non-hydrogen) atoms. The molecular formula is C3H8BOS. The zero-order chi connectivity index (χ0) is 5.21. The Hall–Kier alpha value is 0.215. The maximum atomic E-state index is 10.3. The van der Waals surface area contributed by atoms with Gasteiger partial charge in [-0.15, -0.1) is 0 Å². The van der Waals surface area contributed by atoms with Crippen molar-refractivity contribution in [2.45, 2.75) is 6.92 Å². The molecule has 0 saturated carbocycles. The fraction of sp³-hybridized carbons (Fsp3) is 1.00. The molecule has 0 spiro atoms. The Morgan fingerprint density at radius 3 is 2.00 bits per heavy atom. The Morgan fingerprint density at radius 2 is 2.00 bits per heavy atom. The summed E-state index contributed by atoms with van der Waals surface area (Å²) < 4.78 is 10.3. The number of hydrogen-bond donors (Lipinski definition) is 0. The van der Waals surface area contributed by atoms with Gasteiger partial charge in [0.05, 0.1) is 0 Å². The molecular weight excluding hydrogens is 94.9 g/mol. The van der Waals surface area contributed by atoms with Crippen LogP contribution < -0.4 is 0 Å². The van der Waals surface area contributed by atoms with Crippen LogP contribution in [0.2, 0.25) is 0 Å². The van der Waals surface area contributed by atoms with E-state index in [0.29, 0.717) is 5.75 Å². The summed E-state index contributed by atoms with van der Waals surface area (Å²) in [6.45, 7) is 6.87. The molecule has 1 radical (unpaired) electrons. The fourth-order valence-corrected chi connectivity index (χ4v) is 0. The molecule has 0 aliphatic heterocycles. The molecule has 0 aliphatic rings. The van der Waals surface area contributed by atoms with Gasteiger partial charge < -0.3 is 0 Å². The maximum absolute atomic E-state index is 10.3. The van der Waals surface area contributed by atoms with Crippen LogP contribution in [-0.2, 0) is 9.36 Å². The Labute approximate surface area is 40.0 Å². The van der Waals surface area contributed by atoms with Crippen molar-refractivity contribution in [1.29, 1.82) is 0 Å². The molecule has 0 bridgehead atoms. The molecule has 1 nitrogen and oxygen atoms in total. The predicted molar refractivity (Wildman–Crippen MR) is 30.4 cm³/mol. The van der Waals surface area contributed by atoms with Gasteiger partial charge in [0.15, 0.2) is 0 Å². The van der Waals surface area contributed by atoms with Crippen molar-refractivity contribution >= 4 is 16.1 Å². The van der Waals surface area contributed by atoms with Crippen molar-refractivity contribution in [2.24, 2.45) is 0 Å². The summed E-state index contributed by atoms with van der Waals surface area (Å²) in [5, 5.41) is 0. The third-order valence-electron chi connectivity index (χ3n) is 0.573. The van der Waals surface area contributed by atoms with Crippen molar-refractivity contribution in [3.05, 3.63) is 0 Å². The molecule has 0 N–H and O–H groups in total. The summed E-state index contributed by atoms with van der Waals surface area (Å²) in [6, 6.07) is 0. The third kappa shape index (κ3) is 4.21. The zero-order valence-corrected chi connectivity index (χ0v) is 4.92. The molecule has 1 unspecified atom stereocenters. The first kappa shape index (κ1) is 6.21. The third-order valence-corrected chi connectivity index (χ3v) is 1.72. The Balaban J connectivity index is 3.85. The second-order valence-electron chi connectivity index (χ2n) is 1.36. The molecule has 3 heteroatoms. The van der Waals surface area contributed by atoms with Crippen molar-refractivity contribution in [3.63, 3.8) is 0 Å². The van der Waals surface area contributed by atoms with Crippen LogP contribution in [0.5, 0.6) is 0 Å². The standard InChI is InChI=1S/C3H8BOS/c1-3-6(2,4)5/h3H2,1-2H3. The topological polar surface area (TPSA) is 17.1 Å². The van der Waals surface area contributed by atoms with Crippen LogP contribution in [-0.4, -0.2) is 22.9 Å². The van der Waals surface area contributed by atoms with Gasteiger partial charge in [0.25, 0.3) is 0 Å². The summed E-state index contributed by atoms with van der Waals surface area (Å²) in [7, 11) is -1.91. The zero-order valence-electron chi connectivity index (χ0n) is 4.10. The van der Waals surface area contributed by atoms with E-state index in [1.807, 2.05) is 6.92 Å². The summed E-state index contributed by atoms with van der Waals surface area (Å²) in [5.74, 6) is 0.576. The molecule has 35 valence electrons. The molecule has 0 aromatic heterocycles. The molecule has 0 aromatic carbocycles. The molecule has 0 aromatic rings. The van der Waals surface area contributed by atoms with Crippen LogP contribution >= 0.6 is 0 Å². The van der Waals surface area contributed by atoms with Crippen LogP contribution in [0.3, 0.4) is 0 Å². The second-order valence-corrected chi connectivity index (χ2v) is 4.08. The van der Waals surface area contributed by atoms with Crippen LogP contribution in [0.1, 0.15) is 6.92 Å². The second kappa shape index (κ2) is 1.78. The van der Waals surface area contributed by atoms with Gasteiger partial charge in [-0.3, -0.25) is 0 Å². The van der Waals surface area contributed by atoms with E-state index in [-0.39, 0.29) is 0 Å². The average Bonchev–Trinajstić information content (AvgIpc) is 1.35. The molecule has 0 saturated heterocycles. The summed E-state index contributed by atoms with van der Waals surface area (Å²) in [5.41, 5.74) is 0. The summed E-state index contributed by atoms with van der Waals surface area (Å²) in [6.07, 6.45) is 1.55. The Bertz CT molecular complexity index is 113. The number of hydrogen-bond acceptors (Lipinski definition) is 1. The van der Waals surface area contributed by atoms with E-state index in [1.54, 1.807) is 6.26 Å². The number of rotatable bonds is 1. The van der Waals surface area contributed by atoms with Gasteiger partial charge in [0.1, 0.15) is 0 Å². The van der Waals surface area contributed by atoms with Gasteiger partial charge in [-0.2, -0.15) is 0 Å². The van der Waals surface area contributed by atoms with Crippen molar-refractivity contribution in [2.75, 3.05) is 12.0 Å². The van der Waals surface area contributed by atoms with E-state index in [9.17, 15) is 4.21 Å². The molecule has 0 heterocycles. The van der Waals surface area contributed by atoms with Gasteiger partial charge >= 0.3 is 39.2 Å². The van der Waals surface area contributed by atoms with Gasteiger partial charge in [-0.05, 0) is 0 Å². The van der Waals surface area contributed by atoms with Crippen molar-refractivity contribution in [1.82, 2.24) is 0 Å². The van der Waals surface area contributed by atoms with Gasteiger partial charge in [-0.25, -0.2) is 0 Å². The normalized spacial score (nSPS) is 19.5. The van der Waals surface area contributed by atoms with Crippen LogP contribution in [0.15, 0.2) is 0 Å². The molecule has 0 rings (SSSR count). The summed E-state index contributed by atoms with van der Waals surface area (Å²) in [4.78, 5) is 0. The average molecular weight is 103 g/mol. The monoisotopic (exact) mass is 103 g/mol.